The van der Waals surface area contributed by atoms with Crippen molar-refractivity contribution in [1.82, 2.24) is 14.5 Å². The van der Waals surface area contributed by atoms with E-state index in [1.807, 2.05) is 0 Å². The highest BCUT2D eigenvalue weighted by Crippen LogP contribution is 2.43. The molecule has 1 saturated heterocycles. The summed E-state index contributed by atoms with van der Waals surface area (Å²) in [5.41, 5.74) is 2.53. The number of likely N-dealkylation sites (N-methyl/N-ethyl adjacent to an activating group) is 1. The van der Waals surface area contributed by atoms with Crippen LogP contribution in [0, 0.1) is 12.7 Å². The molecule has 0 spiro atoms. The van der Waals surface area contributed by atoms with E-state index < -0.39 is 0 Å². The molecule has 1 aliphatic carbocycles. The van der Waals surface area contributed by atoms with Crippen molar-refractivity contribution in [2.75, 3.05) is 36.5 Å². The van der Waals surface area contributed by atoms with Crippen LogP contribution in [0.4, 0.5) is 15.8 Å². The van der Waals surface area contributed by atoms with Gasteiger partial charge in [-0.1, -0.05) is 0 Å². The van der Waals surface area contributed by atoms with Gasteiger partial charge in [-0.15, -0.1) is 0 Å². The highest BCUT2D eigenvalue weighted by Gasteiger charge is 2.42. The van der Waals surface area contributed by atoms with Crippen molar-refractivity contribution in [2.45, 2.75) is 51.2 Å². The Labute approximate surface area is 164 Å². The molecule has 0 radical (unpaired) electrons. The van der Waals surface area contributed by atoms with Gasteiger partial charge in [0, 0.05) is 44.2 Å². The maximum atomic E-state index is 14.6. The van der Waals surface area contributed by atoms with E-state index >= 15 is 0 Å². The van der Waals surface area contributed by atoms with E-state index in [0.717, 1.165) is 49.2 Å². The van der Waals surface area contributed by atoms with Crippen LogP contribution in [0.3, 0.4) is 0 Å². The van der Waals surface area contributed by atoms with Crippen molar-refractivity contribution in [3.05, 3.63) is 27.9 Å². The Morgan fingerprint density at radius 1 is 1.07 bits per heavy atom. The summed E-state index contributed by atoms with van der Waals surface area (Å²) in [4.78, 5) is 25.0. The number of aromatic nitrogens is 2. The number of hydrogen-bond acceptors (Lipinski definition) is 5. The second-order valence-corrected chi connectivity index (χ2v) is 8.82. The number of nitrogens with zero attached hydrogens (tertiary/aromatic N) is 5. The first-order chi connectivity index (χ1) is 13.4. The largest absolute Gasteiger partial charge is 0.361 e. The van der Waals surface area contributed by atoms with Crippen LogP contribution in [0.2, 0.25) is 0 Å². The number of halogens is 1. The molecule has 150 valence electrons. The minimum absolute atomic E-state index is 0.0158. The third-order valence-electron chi connectivity index (χ3n) is 7.09. The first-order valence-electron chi connectivity index (χ1n) is 10.3. The maximum Gasteiger partial charge on any atom is 0.277 e. The molecule has 7 heteroatoms. The fourth-order valence-corrected chi connectivity index (χ4v) is 4.99. The van der Waals surface area contributed by atoms with Crippen LogP contribution in [-0.2, 0) is 7.05 Å². The standard InChI is InChI=1S/C21H28FN5O/c1-12-9-26-15(10-24(12)3)11-27(14-6-5-7-14)19-18(26)16-8-17(22)13(2)23-20(16)25(4)21(19)28/h8,12,14-15H,5-7,9-11H2,1-4H3. The molecule has 3 aliphatic rings. The lowest BCUT2D eigenvalue weighted by Crippen LogP contribution is -2.64. The van der Waals surface area contributed by atoms with Crippen molar-refractivity contribution in [3.63, 3.8) is 0 Å². The van der Waals surface area contributed by atoms with Crippen LogP contribution in [0.15, 0.2) is 10.9 Å². The van der Waals surface area contributed by atoms with Crippen LogP contribution in [0.1, 0.15) is 31.9 Å². The molecule has 2 aromatic heterocycles. The molecule has 2 unspecified atom stereocenters. The highest BCUT2D eigenvalue weighted by molar-refractivity contribution is 5.98. The summed E-state index contributed by atoms with van der Waals surface area (Å²) in [6.45, 7) is 6.50. The first-order valence-corrected chi connectivity index (χ1v) is 10.3. The summed E-state index contributed by atoms with van der Waals surface area (Å²) >= 11 is 0. The zero-order chi connectivity index (χ0) is 19.7. The quantitative estimate of drug-likeness (QED) is 0.754. The second-order valence-electron chi connectivity index (χ2n) is 8.82. The van der Waals surface area contributed by atoms with Gasteiger partial charge in [0.05, 0.1) is 17.4 Å². The third kappa shape index (κ3) is 2.41. The molecular weight excluding hydrogens is 357 g/mol. The van der Waals surface area contributed by atoms with Gasteiger partial charge in [0.25, 0.3) is 5.56 Å². The lowest BCUT2D eigenvalue weighted by molar-refractivity contribution is 0.194. The number of anilines is 2. The van der Waals surface area contributed by atoms with Gasteiger partial charge in [0.15, 0.2) is 0 Å². The van der Waals surface area contributed by atoms with Crippen LogP contribution in [0.5, 0.6) is 0 Å². The topological polar surface area (TPSA) is 44.6 Å². The number of aryl methyl sites for hydroxylation is 2. The molecule has 6 nitrogen and oxygen atoms in total. The van der Waals surface area contributed by atoms with Crippen molar-refractivity contribution >= 4 is 22.4 Å². The van der Waals surface area contributed by atoms with Crippen molar-refractivity contribution in [2.24, 2.45) is 7.05 Å². The molecule has 2 aliphatic heterocycles. The van der Waals surface area contributed by atoms with Crippen LogP contribution < -0.4 is 15.4 Å². The molecule has 0 N–H and O–H groups in total. The molecule has 4 heterocycles. The normalized spacial score (nSPS) is 25.6. The zero-order valence-electron chi connectivity index (χ0n) is 17.1. The second kappa shape index (κ2) is 6.17. The van der Waals surface area contributed by atoms with E-state index in [4.69, 9.17) is 0 Å². The van der Waals surface area contributed by atoms with Gasteiger partial charge in [0.1, 0.15) is 17.2 Å². The molecular formula is C21H28FN5O. The molecule has 2 aromatic rings. The van der Waals surface area contributed by atoms with E-state index in [2.05, 4.69) is 33.7 Å². The van der Waals surface area contributed by atoms with Crippen molar-refractivity contribution < 1.29 is 4.39 Å². The van der Waals surface area contributed by atoms with Gasteiger partial charge in [0.2, 0.25) is 0 Å². The van der Waals surface area contributed by atoms with Crippen LogP contribution in [-0.4, -0.2) is 59.3 Å². The molecule has 0 amide bonds. The summed E-state index contributed by atoms with van der Waals surface area (Å²) in [5, 5.41) is 0.756. The van der Waals surface area contributed by atoms with Gasteiger partial charge in [-0.05, 0) is 46.2 Å². The summed E-state index contributed by atoms with van der Waals surface area (Å²) in [6.07, 6.45) is 3.46. The van der Waals surface area contributed by atoms with Crippen molar-refractivity contribution in [3.8, 4) is 0 Å². The van der Waals surface area contributed by atoms with Gasteiger partial charge < -0.3 is 9.80 Å². The minimum atomic E-state index is -0.312. The number of rotatable bonds is 1. The fraction of sp³-hybridized carbons (Fsp3) is 0.619. The lowest BCUT2D eigenvalue weighted by atomic mass is 9.88. The van der Waals surface area contributed by atoms with Gasteiger partial charge in [-0.3, -0.25) is 14.3 Å². The summed E-state index contributed by atoms with van der Waals surface area (Å²) in [6, 6.07) is 2.68. The number of hydrogen-bond donors (Lipinski definition) is 0. The molecule has 0 aromatic carbocycles. The van der Waals surface area contributed by atoms with Gasteiger partial charge in [-0.25, -0.2) is 9.37 Å². The Bertz CT molecular complexity index is 1010. The summed E-state index contributed by atoms with van der Waals surface area (Å²) < 4.78 is 16.2. The number of pyridine rings is 2. The molecule has 2 atom stereocenters. The fourth-order valence-electron chi connectivity index (χ4n) is 4.99. The monoisotopic (exact) mass is 385 g/mol. The molecule has 0 bridgehead atoms. The predicted octanol–water partition coefficient (Wildman–Crippen LogP) is 2.26. The van der Waals surface area contributed by atoms with Gasteiger partial charge >= 0.3 is 0 Å². The Morgan fingerprint density at radius 2 is 1.79 bits per heavy atom. The smallest absolute Gasteiger partial charge is 0.277 e. The molecule has 28 heavy (non-hydrogen) atoms. The number of piperazine rings is 1. The average Bonchev–Trinajstić information content (AvgIpc) is 2.60. The Morgan fingerprint density at radius 3 is 2.46 bits per heavy atom. The summed E-state index contributed by atoms with van der Waals surface area (Å²) in [5.74, 6) is -0.312. The molecule has 5 rings (SSSR count). The molecule has 2 fully saturated rings. The Kier molecular flexibility index (Phi) is 3.95. The van der Waals surface area contributed by atoms with Crippen LogP contribution >= 0.6 is 0 Å². The first kappa shape index (κ1) is 17.9. The summed E-state index contributed by atoms with van der Waals surface area (Å²) in [7, 11) is 3.92. The van der Waals surface area contributed by atoms with Crippen LogP contribution in [0.25, 0.3) is 11.0 Å². The van der Waals surface area contributed by atoms with E-state index in [0.29, 0.717) is 29.5 Å². The van der Waals surface area contributed by atoms with E-state index in [-0.39, 0.29) is 11.4 Å². The van der Waals surface area contributed by atoms with Gasteiger partial charge in [-0.2, -0.15) is 0 Å². The SMILES string of the molecule is Cc1nc2c(cc1F)c1c(c(=O)n2C)N(C2CCC2)CC2CN(C)C(C)CN12. The minimum Gasteiger partial charge on any atom is -0.361 e. The maximum absolute atomic E-state index is 14.6. The number of fused-ring (bicyclic) bond motifs is 5. The average molecular weight is 385 g/mol. The lowest BCUT2D eigenvalue weighted by Gasteiger charge is -2.53. The Balaban J connectivity index is 1.81. The third-order valence-corrected chi connectivity index (χ3v) is 7.09. The van der Waals surface area contributed by atoms with E-state index in [1.165, 1.54) is 6.42 Å². The van der Waals surface area contributed by atoms with E-state index in [1.54, 1.807) is 24.6 Å². The van der Waals surface area contributed by atoms with Crippen molar-refractivity contribution in [1.29, 1.82) is 0 Å². The molecule has 1 saturated carbocycles. The van der Waals surface area contributed by atoms with E-state index in [9.17, 15) is 9.18 Å². The highest BCUT2D eigenvalue weighted by atomic mass is 19.1. The predicted molar refractivity (Wildman–Crippen MR) is 110 cm³/mol. The Hall–Kier alpha value is -2.15. The zero-order valence-corrected chi connectivity index (χ0v) is 17.1.